The highest BCUT2D eigenvalue weighted by atomic mass is 19.1. The van der Waals surface area contributed by atoms with E-state index >= 15 is 0 Å². The Hall–Kier alpha value is -4.56. The van der Waals surface area contributed by atoms with E-state index in [1.165, 1.54) is 12.5 Å². The number of benzene rings is 3. The van der Waals surface area contributed by atoms with Crippen LogP contribution < -0.4 is 0 Å². The molecule has 0 spiro atoms. The van der Waals surface area contributed by atoms with E-state index in [0.717, 1.165) is 58.8 Å². The number of nitrogens with zero attached hydrogens (tertiary/aromatic N) is 3. The van der Waals surface area contributed by atoms with Crippen molar-refractivity contribution in [1.82, 2.24) is 14.5 Å². The number of carboxylic acid groups (broad SMARTS) is 1. The molecule has 224 valence electrons. The van der Waals surface area contributed by atoms with Crippen LogP contribution in [-0.4, -0.2) is 57.7 Å². The lowest BCUT2D eigenvalue weighted by Gasteiger charge is -2.28. The van der Waals surface area contributed by atoms with Crippen molar-refractivity contribution in [3.05, 3.63) is 89.7 Å². The maximum atomic E-state index is 14.9. The molecule has 0 radical (unpaired) electrons. The van der Waals surface area contributed by atoms with E-state index in [0.29, 0.717) is 43.1 Å². The summed E-state index contributed by atoms with van der Waals surface area (Å²) in [6, 6.07) is 21.7. The molecule has 0 bridgehead atoms. The Morgan fingerprint density at radius 1 is 0.909 bits per heavy atom. The number of ether oxygens (including phenoxy) is 1. The lowest BCUT2D eigenvalue weighted by Crippen LogP contribution is -2.42. The minimum Gasteiger partial charge on any atom is -0.478 e. The number of amides is 1. The second kappa shape index (κ2) is 11.8. The number of fused-ring (bicyclic) bond motifs is 2. The number of aromatic nitrogens is 2. The zero-order valence-corrected chi connectivity index (χ0v) is 24.5. The number of hydrogen-bond donors (Lipinski definition) is 1. The summed E-state index contributed by atoms with van der Waals surface area (Å²) < 4.78 is 22.4. The van der Waals surface area contributed by atoms with Gasteiger partial charge in [-0.1, -0.05) is 61.7 Å². The van der Waals surface area contributed by atoms with Gasteiger partial charge >= 0.3 is 5.97 Å². The molecule has 44 heavy (non-hydrogen) atoms. The number of carboxylic acids is 1. The lowest BCUT2D eigenvalue weighted by molar-refractivity contribution is -0.135. The minimum absolute atomic E-state index is 0.0392. The molecule has 0 atom stereocenters. The molecule has 0 unspecified atom stereocenters. The van der Waals surface area contributed by atoms with Gasteiger partial charge in [0.05, 0.1) is 41.2 Å². The molecular weight excluding hydrogens is 557 g/mol. The first-order valence-electron chi connectivity index (χ1n) is 15.4. The van der Waals surface area contributed by atoms with Crippen LogP contribution in [0.25, 0.3) is 44.3 Å². The third-order valence-corrected chi connectivity index (χ3v) is 9.15. The van der Waals surface area contributed by atoms with E-state index in [1.54, 1.807) is 30.3 Å². The molecule has 1 aliphatic carbocycles. The number of para-hydroxylation sites is 1. The Bertz CT molecular complexity index is 1890. The maximum Gasteiger partial charge on any atom is 0.335 e. The van der Waals surface area contributed by atoms with Crippen LogP contribution in [0.15, 0.2) is 72.8 Å². The summed E-state index contributed by atoms with van der Waals surface area (Å²) in [6.07, 6.45) is 5.45. The van der Waals surface area contributed by atoms with Crippen molar-refractivity contribution in [1.29, 1.82) is 0 Å². The van der Waals surface area contributed by atoms with Crippen molar-refractivity contribution in [3.63, 3.8) is 0 Å². The van der Waals surface area contributed by atoms with Crippen molar-refractivity contribution in [2.24, 2.45) is 0 Å². The van der Waals surface area contributed by atoms with E-state index in [4.69, 9.17) is 9.72 Å². The molecule has 8 heteroatoms. The van der Waals surface area contributed by atoms with Crippen LogP contribution in [-0.2, 0) is 16.1 Å². The van der Waals surface area contributed by atoms with Crippen LogP contribution >= 0.6 is 0 Å². The number of morpholine rings is 1. The zero-order chi connectivity index (χ0) is 30.2. The van der Waals surface area contributed by atoms with Gasteiger partial charge in [-0.15, -0.1) is 0 Å². The SMILES string of the molecule is O=C(O)c1ccc2c(C3CCCCC3)c(-c3cccc4ccc(-c5ccccc5F)nc34)n(CC(=O)N3CCOCC3)c2c1. The van der Waals surface area contributed by atoms with Crippen LogP contribution in [0.3, 0.4) is 0 Å². The maximum absolute atomic E-state index is 14.9. The third-order valence-electron chi connectivity index (χ3n) is 9.15. The van der Waals surface area contributed by atoms with Crippen LogP contribution in [0.1, 0.15) is 53.9 Å². The fourth-order valence-corrected chi connectivity index (χ4v) is 6.97. The molecule has 1 amide bonds. The van der Waals surface area contributed by atoms with Gasteiger partial charge in [-0.2, -0.15) is 0 Å². The summed E-state index contributed by atoms with van der Waals surface area (Å²) in [5.74, 6) is -1.14. The van der Waals surface area contributed by atoms with Gasteiger partial charge in [0.25, 0.3) is 0 Å². The summed E-state index contributed by atoms with van der Waals surface area (Å²) in [5.41, 5.74) is 5.44. The van der Waals surface area contributed by atoms with Crippen molar-refractivity contribution in [2.75, 3.05) is 26.3 Å². The Balaban J connectivity index is 1.51. The Kier molecular flexibility index (Phi) is 7.60. The number of rotatable bonds is 6. The normalized spacial score (nSPS) is 16.1. The van der Waals surface area contributed by atoms with E-state index < -0.39 is 5.97 Å². The number of hydrogen-bond acceptors (Lipinski definition) is 4. The Labute approximate surface area is 254 Å². The fourth-order valence-electron chi connectivity index (χ4n) is 6.97. The molecule has 1 N–H and O–H groups in total. The second-order valence-electron chi connectivity index (χ2n) is 11.8. The van der Waals surface area contributed by atoms with E-state index in [9.17, 15) is 19.1 Å². The van der Waals surface area contributed by atoms with Gasteiger partial charge in [-0.25, -0.2) is 14.2 Å². The lowest BCUT2D eigenvalue weighted by atomic mass is 9.81. The Morgan fingerprint density at radius 2 is 1.68 bits per heavy atom. The van der Waals surface area contributed by atoms with E-state index in [2.05, 4.69) is 0 Å². The molecule has 2 fully saturated rings. The highest BCUT2D eigenvalue weighted by Crippen LogP contribution is 2.46. The van der Waals surface area contributed by atoms with Gasteiger partial charge in [-0.05, 0) is 54.7 Å². The van der Waals surface area contributed by atoms with E-state index in [1.807, 2.05) is 45.9 Å². The standard InChI is InChI=1S/C36H34FN3O4/c37-29-12-5-4-10-26(29)30-16-14-24-9-6-11-28(34(24)38-30)35-33(23-7-2-1-3-8-23)27-15-13-25(36(42)43)21-31(27)40(35)22-32(41)39-17-19-44-20-18-39/h4-6,9-16,21,23H,1-3,7-8,17-20,22H2,(H,42,43). The first-order chi connectivity index (χ1) is 21.5. The molecule has 2 aromatic heterocycles. The molecule has 1 aliphatic heterocycles. The molecule has 5 aromatic rings. The molecule has 2 aliphatic rings. The second-order valence-corrected chi connectivity index (χ2v) is 11.8. The predicted octanol–water partition coefficient (Wildman–Crippen LogP) is 7.27. The minimum atomic E-state index is -1.01. The van der Waals surface area contributed by atoms with Gasteiger partial charge in [0.15, 0.2) is 0 Å². The number of aromatic carboxylic acids is 1. The summed E-state index contributed by atoms with van der Waals surface area (Å²) in [6.45, 7) is 2.09. The topological polar surface area (TPSA) is 84.7 Å². The molecule has 7 rings (SSSR count). The smallest absolute Gasteiger partial charge is 0.335 e. The molecule has 7 nitrogen and oxygen atoms in total. The zero-order valence-electron chi connectivity index (χ0n) is 24.5. The number of halogens is 1. The van der Waals surface area contributed by atoms with Gasteiger partial charge < -0.3 is 19.3 Å². The monoisotopic (exact) mass is 591 g/mol. The number of carbonyl (C=O) groups excluding carboxylic acids is 1. The van der Waals surface area contributed by atoms with Crippen molar-refractivity contribution >= 4 is 33.7 Å². The summed E-state index contributed by atoms with van der Waals surface area (Å²) in [5, 5.41) is 11.8. The molecule has 3 aromatic carbocycles. The number of carbonyl (C=O) groups is 2. The van der Waals surface area contributed by atoms with Gasteiger partial charge in [0.1, 0.15) is 12.4 Å². The van der Waals surface area contributed by atoms with Crippen LogP contribution in [0, 0.1) is 5.82 Å². The molecule has 3 heterocycles. The van der Waals surface area contributed by atoms with Gasteiger partial charge in [0, 0.05) is 35.0 Å². The van der Waals surface area contributed by atoms with Crippen molar-refractivity contribution in [2.45, 2.75) is 44.6 Å². The van der Waals surface area contributed by atoms with Crippen LogP contribution in [0.4, 0.5) is 4.39 Å². The van der Waals surface area contributed by atoms with E-state index in [-0.39, 0.29) is 29.8 Å². The molecular formula is C36H34FN3O4. The average molecular weight is 592 g/mol. The molecule has 1 saturated carbocycles. The number of pyridine rings is 1. The van der Waals surface area contributed by atoms with Gasteiger partial charge in [0.2, 0.25) is 5.91 Å². The van der Waals surface area contributed by atoms with Crippen LogP contribution in [0.5, 0.6) is 0 Å². The first kappa shape index (κ1) is 28.2. The average Bonchev–Trinajstić information content (AvgIpc) is 3.38. The van der Waals surface area contributed by atoms with Crippen LogP contribution in [0.2, 0.25) is 0 Å². The van der Waals surface area contributed by atoms with Crippen molar-refractivity contribution in [3.8, 4) is 22.5 Å². The summed E-state index contributed by atoms with van der Waals surface area (Å²) >= 11 is 0. The predicted molar refractivity (Wildman–Crippen MR) is 168 cm³/mol. The largest absolute Gasteiger partial charge is 0.478 e. The Morgan fingerprint density at radius 3 is 2.45 bits per heavy atom. The summed E-state index contributed by atoms with van der Waals surface area (Å²) in [4.78, 5) is 32.8. The highest BCUT2D eigenvalue weighted by Gasteiger charge is 2.30. The summed E-state index contributed by atoms with van der Waals surface area (Å²) in [7, 11) is 0. The first-order valence-corrected chi connectivity index (χ1v) is 15.4. The van der Waals surface area contributed by atoms with Gasteiger partial charge in [-0.3, -0.25) is 4.79 Å². The third kappa shape index (κ3) is 5.13. The molecule has 1 saturated heterocycles. The van der Waals surface area contributed by atoms with Crippen molar-refractivity contribution < 1.29 is 23.8 Å². The fraction of sp³-hybridized carbons (Fsp3) is 0.306. The quantitative estimate of drug-likeness (QED) is 0.225. The highest BCUT2D eigenvalue weighted by molar-refractivity contribution is 6.03.